The number of benzene rings is 1. The minimum atomic E-state index is 0.0875. The van der Waals surface area contributed by atoms with Gasteiger partial charge in [0.15, 0.2) is 11.5 Å². The van der Waals surface area contributed by atoms with E-state index in [2.05, 4.69) is 31.4 Å². The third-order valence-electron chi connectivity index (χ3n) is 2.90. The number of hydrogen-bond acceptors (Lipinski definition) is 4. The Balaban J connectivity index is 1.66. The minimum Gasteiger partial charge on any atom is -0.486 e. The molecule has 0 aliphatic carbocycles. The van der Waals surface area contributed by atoms with Crippen LogP contribution in [0.5, 0.6) is 11.5 Å². The lowest BCUT2D eigenvalue weighted by atomic mass is 10.1. The van der Waals surface area contributed by atoms with E-state index < -0.39 is 0 Å². The van der Waals surface area contributed by atoms with Gasteiger partial charge in [-0.25, -0.2) is 0 Å². The maximum atomic E-state index is 5.87. The molecule has 19 heavy (non-hydrogen) atoms. The summed E-state index contributed by atoms with van der Waals surface area (Å²) in [6.45, 7) is 9.80. The Bertz CT molecular complexity index is 401. The van der Waals surface area contributed by atoms with Gasteiger partial charge in [-0.2, -0.15) is 0 Å². The van der Waals surface area contributed by atoms with Gasteiger partial charge in [0.05, 0.1) is 0 Å². The molecule has 0 saturated heterocycles. The molecule has 2 N–H and O–H groups in total. The van der Waals surface area contributed by atoms with E-state index in [9.17, 15) is 0 Å². The predicted molar refractivity (Wildman–Crippen MR) is 77.0 cm³/mol. The van der Waals surface area contributed by atoms with Crippen molar-refractivity contribution in [2.75, 3.05) is 26.2 Å². The Morgan fingerprint density at radius 1 is 1.16 bits per heavy atom. The summed E-state index contributed by atoms with van der Waals surface area (Å²) in [5.74, 6) is 1.68. The molecule has 1 aliphatic heterocycles. The number of fused-ring (bicyclic) bond motifs is 1. The van der Waals surface area contributed by atoms with Crippen molar-refractivity contribution in [1.29, 1.82) is 0 Å². The van der Waals surface area contributed by atoms with Gasteiger partial charge in [0.25, 0.3) is 0 Å². The Labute approximate surface area is 115 Å². The first-order valence-corrected chi connectivity index (χ1v) is 6.89. The van der Waals surface area contributed by atoms with Gasteiger partial charge in [-0.1, -0.05) is 12.1 Å². The summed E-state index contributed by atoms with van der Waals surface area (Å²) in [7, 11) is 0. The fourth-order valence-corrected chi connectivity index (χ4v) is 1.95. The number of nitrogens with one attached hydrogen (secondary N) is 2. The summed E-state index contributed by atoms with van der Waals surface area (Å²) in [6.07, 6.45) is 0.0875. The zero-order valence-corrected chi connectivity index (χ0v) is 12.0. The Hall–Kier alpha value is -1.26. The molecule has 0 bridgehead atoms. The third kappa shape index (κ3) is 4.73. The summed E-state index contributed by atoms with van der Waals surface area (Å²) < 4.78 is 11.5. The molecule has 106 valence electrons. The maximum absolute atomic E-state index is 5.87. The summed E-state index contributed by atoms with van der Waals surface area (Å²) in [6, 6.07) is 7.80. The van der Waals surface area contributed by atoms with Crippen LogP contribution < -0.4 is 20.1 Å². The molecule has 0 saturated carbocycles. The third-order valence-corrected chi connectivity index (χ3v) is 2.90. The highest BCUT2D eigenvalue weighted by atomic mass is 16.6. The van der Waals surface area contributed by atoms with E-state index in [0.29, 0.717) is 6.61 Å². The van der Waals surface area contributed by atoms with E-state index in [0.717, 1.165) is 31.1 Å². The van der Waals surface area contributed by atoms with Crippen molar-refractivity contribution in [3.63, 3.8) is 0 Å². The van der Waals surface area contributed by atoms with Gasteiger partial charge in [-0.15, -0.1) is 0 Å². The quantitative estimate of drug-likeness (QED) is 0.796. The number of rotatable bonds is 5. The first-order chi connectivity index (χ1) is 9.04. The second-order valence-electron chi connectivity index (χ2n) is 5.88. The highest BCUT2D eigenvalue weighted by Crippen LogP contribution is 2.30. The van der Waals surface area contributed by atoms with Crippen molar-refractivity contribution in [2.45, 2.75) is 32.4 Å². The van der Waals surface area contributed by atoms with E-state index in [1.165, 1.54) is 0 Å². The fourth-order valence-electron chi connectivity index (χ4n) is 1.95. The van der Waals surface area contributed by atoms with Crippen molar-refractivity contribution in [3.8, 4) is 11.5 Å². The lowest BCUT2D eigenvalue weighted by Gasteiger charge is -2.27. The van der Waals surface area contributed by atoms with E-state index in [-0.39, 0.29) is 11.6 Å². The zero-order valence-electron chi connectivity index (χ0n) is 12.0. The minimum absolute atomic E-state index is 0.0875. The van der Waals surface area contributed by atoms with Gasteiger partial charge in [0, 0.05) is 25.2 Å². The Kier molecular flexibility index (Phi) is 4.66. The normalized spacial score (nSPS) is 18.4. The second-order valence-corrected chi connectivity index (χ2v) is 5.88. The number of ether oxygens (including phenoxy) is 2. The van der Waals surface area contributed by atoms with Gasteiger partial charge < -0.3 is 20.1 Å². The monoisotopic (exact) mass is 264 g/mol. The Morgan fingerprint density at radius 2 is 1.89 bits per heavy atom. The van der Waals surface area contributed by atoms with E-state index in [1.54, 1.807) is 0 Å². The lowest BCUT2D eigenvalue weighted by Crippen LogP contribution is -2.43. The van der Waals surface area contributed by atoms with Gasteiger partial charge in [0.1, 0.15) is 12.7 Å². The molecular weight excluding hydrogens is 240 g/mol. The van der Waals surface area contributed by atoms with E-state index in [4.69, 9.17) is 9.47 Å². The van der Waals surface area contributed by atoms with Crippen LogP contribution in [0.25, 0.3) is 0 Å². The molecule has 1 aliphatic rings. The summed E-state index contributed by atoms with van der Waals surface area (Å²) in [5.41, 5.74) is 0.172. The molecule has 1 atom stereocenters. The van der Waals surface area contributed by atoms with Crippen molar-refractivity contribution in [2.24, 2.45) is 0 Å². The molecule has 1 aromatic rings. The van der Waals surface area contributed by atoms with Crippen LogP contribution >= 0.6 is 0 Å². The first kappa shape index (κ1) is 14.2. The molecule has 4 heteroatoms. The van der Waals surface area contributed by atoms with Crippen molar-refractivity contribution >= 4 is 0 Å². The molecule has 0 spiro atoms. The molecule has 0 radical (unpaired) electrons. The summed E-state index contributed by atoms with van der Waals surface area (Å²) >= 11 is 0. The summed E-state index contributed by atoms with van der Waals surface area (Å²) in [5, 5.41) is 6.83. The maximum Gasteiger partial charge on any atom is 0.161 e. The fraction of sp³-hybridized carbons (Fsp3) is 0.600. The average Bonchev–Trinajstić information content (AvgIpc) is 2.37. The number of para-hydroxylation sites is 2. The van der Waals surface area contributed by atoms with E-state index in [1.807, 2.05) is 24.3 Å². The van der Waals surface area contributed by atoms with Gasteiger partial charge >= 0.3 is 0 Å². The highest BCUT2D eigenvalue weighted by molar-refractivity contribution is 5.40. The molecule has 1 heterocycles. The molecule has 2 rings (SSSR count). The van der Waals surface area contributed by atoms with Crippen LogP contribution in [-0.2, 0) is 0 Å². The van der Waals surface area contributed by atoms with Gasteiger partial charge in [0.2, 0.25) is 0 Å². The molecule has 0 fully saturated rings. The lowest BCUT2D eigenvalue weighted by molar-refractivity contribution is 0.0905. The van der Waals surface area contributed by atoms with Crippen molar-refractivity contribution in [1.82, 2.24) is 10.6 Å². The van der Waals surface area contributed by atoms with Crippen molar-refractivity contribution in [3.05, 3.63) is 24.3 Å². The standard InChI is InChI=1S/C15H24N2O2/c1-15(2,3)17-9-8-16-10-12-11-18-13-6-4-5-7-14(13)19-12/h4-7,12,16-17H,8-11H2,1-3H3. The molecule has 0 aromatic heterocycles. The molecule has 4 nitrogen and oxygen atoms in total. The zero-order chi connectivity index (χ0) is 13.7. The molecule has 1 unspecified atom stereocenters. The average molecular weight is 264 g/mol. The second kappa shape index (κ2) is 6.26. The predicted octanol–water partition coefficient (Wildman–Crippen LogP) is 1.80. The van der Waals surface area contributed by atoms with Gasteiger partial charge in [-0.05, 0) is 32.9 Å². The van der Waals surface area contributed by atoms with Crippen LogP contribution in [0.15, 0.2) is 24.3 Å². The van der Waals surface area contributed by atoms with E-state index >= 15 is 0 Å². The topological polar surface area (TPSA) is 42.5 Å². The van der Waals surface area contributed by atoms with Crippen LogP contribution in [0.4, 0.5) is 0 Å². The van der Waals surface area contributed by atoms with Crippen LogP contribution in [0.1, 0.15) is 20.8 Å². The SMILES string of the molecule is CC(C)(C)NCCNCC1COc2ccccc2O1. The van der Waals surface area contributed by atoms with Crippen LogP contribution in [0, 0.1) is 0 Å². The first-order valence-electron chi connectivity index (χ1n) is 6.89. The van der Waals surface area contributed by atoms with Crippen LogP contribution in [0.2, 0.25) is 0 Å². The Morgan fingerprint density at radius 3 is 2.63 bits per heavy atom. The largest absolute Gasteiger partial charge is 0.486 e. The van der Waals surface area contributed by atoms with Gasteiger partial charge in [-0.3, -0.25) is 0 Å². The molecule has 0 amide bonds. The van der Waals surface area contributed by atoms with Crippen LogP contribution in [0.3, 0.4) is 0 Å². The molecular formula is C15H24N2O2. The summed E-state index contributed by atoms with van der Waals surface area (Å²) in [4.78, 5) is 0. The number of hydrogen-bond donors (Lipinski definition) is 2. The van der Waals surface area contributed by atoms with Crippen molar-refractivity contribution < 1.29 is 9.47 Å². The molecule has 1 aromatic carbocycles. The van der Waals surface area contributed by atoms with Crippen LogP contribution in [-0.4, -0.2) is 37.9 Å². The smallest absolute Gasteiger partial charge is 0.161 e. The highest BCUT2D eigenvalue weighted by Gasteiger charge is 2.19.